The van der Waals surface area contributed by atoms with Gasteiger partial charge in [0.2, 0.25) is 0 Å². The van der Waals surface area contributed by atoms with E-state index in [1.807, 2.05) is 54.6 Å². The van der Waals surface area contributed by atoms with Crippen molar-refractivity contribution in [2.75, 3.05) is 18.0 Å². The Kier molecular flexibility index (Phi) is 4.39. The molecule has 3 heterocycles. The number of anilines is 1. The first-order valence-corrected chi connectivity index (χ1v) is 8.58. The van der Waals surface area contributed by atoms with Crippen molar-refractivity contribution in [2.45, 2.75) is 18.9 Å². The van der Waals surface area contributed by atoms with Crippen molar-refractivity contribution in [1.82, 2.24) is 15.0 Å². The van der Waals surface area contributed by atoms with E-state index < -0.39 is 0 Å². The zero-order valence-corrected chi connectivity index (χ0v) is 13.9. The average Bonchev–Trinajstić information content (AvgIpc) is 2.69. The molecule has 126 valence electrons. The van der Waals surface area contributed by atoms with Crippen LogP contribution in [0, 0.1) is 0 Å². The molecule has 0 aliphatic carbocycles. The van der Waals surface area contributed by atoms with Gasteiger partial charge < -0.3 is 10.0 Å². The van der Waals surface area contributed by atoms with Crippen molar-refractivity contribution < 1.29 is 5.11 Å². The van der Waals surface area contributed by atoms with E-state index in [-0.39, 0.29) is 6.10 Å². The van der Waals surface area contributed by atoms with Gasteiger partial charge in [0.05, 0.1) is 11.8 Å². The summed E-state index contributed by atoms with van der Waals surface area (Å²) < 4.78 is 0. The topological polar surface area (TPSA) is 62.1 Å². The second kappa shape index (κ2) is 6.99. The van der Waals surface area contributed by atoms with E-state index in [2.05, 4.69) is 9.88 Å². The summed E-state index contributed by atoms with van der Waals surface area (Å²) in [6.07, 6.45) is 3.08. The third-order valence-electron chi connectivity index (χ3n) is 4.46. The number of aliphatic hydroxyl groups excluding tert-OH is 1. The monoisotopic (exact) mass is 332 g/mol. The minimum Gasteiger partial charge on any atom is -0.393 e. The maximum absolute atomic E-state index is 9.77. The number of pyridine rings is 1. The molecular weight excluding hydrogens is 312 g/mol. The summed E-state index contributed by atoms with van der Waals surface area (Å²) in [5.41, 5.74) is 2.70. The largest absolute Gasteiger partial charge is 0.393 e. The molecule has 0 saturated carbocycles. The van der Waals surface area contributed by atoms with Gasteiger partial charge in [0.25, 0.3) is 0 Å². The Morgan fingerprint density at radius 2 is 1.64 bits per heavy atom. The van der Waals surface area contributed by atoms with Gasteiger partial charge in [-0.1, -0.05) is 36.4 Å². The highest BCUT2D eigenvalue weighted by Crippen LogP contribution is 2.26. The highest BCUT2D eigenvalue weighted by atomic mass is 16.3. The van der Waals surface area contributed by atoms with Crippen LogP contribution in [0.5, 0.6) is 0 Å². The van der Waals surface area contributed by atoms with Gasteiger partial charge in [0.1, 0.15) is 11.5 Å². The third kappa shape index (κ3) is 3.51. The summed E-state index contributed by atoms with van der Waals surface area (Å²) in [4.78, 5) is 16.1. The minimum absolute atomic E-state index is 0.207. The molecule has 0 radical (unpaired) electrons. The van der Waals surface area contributed by atoms with Crippen LogP contribution in [0.3, 0.4) is 0 Å². The number of hydrogen-bond acceptors (Lipinski definition) is 5. The Balaban J connectivity index is 1.78. The number of benzene rings is 1. The van der Waals surface area contributed by atoms with E-state index in [0.717, 1.165) is 48.7 Å². The zero-order valence-electron chi connectivity index (χ0n) is 13.9. The normalized spacial score (nSPS) is 15.3. The fourth-order valence-corrected chi connectivity index (χ4v) is 3.06. The maximum Gasteiger partial charge on any atom is 0.180 e. The average molecular weight is 332 g/mol. The molecule has 2 aromatic heterocycles. The molecule has 0 atom stereocenters. The summed E-state index contributed by atoms with van der Waals surface area (Å²) in [5.74, 6) is 1.52. The lowest BCUT2D eigenvalue weighted by Crippen LogP contribution is -2.36. The summed E-state index contributed by atoms with van der Waals surface area (Å²) in [6.45, 7) is 1.60. The summed E-state index contributed by atoms with van der Waals surface area (Å²) in [5, 5.41) is 9.77. The standard InChI is InChI=1S/C20H20N4O/c25-16-9-12-24(13-10-16)19-14-18(15-6-2-1-3-7-15)22-20(23-19)17-8-4-5-11-21-17/h1-8,11,14,16,25H,9-10,12-13H2. The molecule has 0 bridgehead atoms. The molecule has 1 aromatic carbocycles. The summed E-state index contributed by atoms with van der Waals surface area (Å²) in [7, 11) is 0. The zero-order chi connectivity index (χ0) is 17.1. The highest BCUT2D eigenvalue weighted by Gasteiger charge is 2.20. The lowest BCUT2D eigenvalue weighted by atomic mass is 10.1. The van der Waals surface area contributed by atoms with E-state index in [1.54, 1.807) is 6.20 Å². The molecule has 0 spiro atoms. The first-order valence-electron chi connectivity index (χ1n) is 8.58. The molecule has 0 unspecified atom stereocenters. The molecule has 5 nitrogen and oxygen atoms in total. The van der Waals surface area contributed by atoms with E-state index >= 15 is 0 Å². The van der Waals surface area contributed by atoms with Crippen LogP contribution in [-0.4, -0.2) is 39.3 Å². The van der Waals surface area contributed by atoms with Crippen molar-refractivity contribution >= 4 is 5.82 Å². The third-order valence-corrected chi connectivity index (χ3v) is 4.46. The molecule has 1 N–H and O–H groups in total. The first kappa shape index (κ1) is 15.7. The van der Waals surface area contributed by atoms with Crippen LogP contribution in [0.4, 0.5) is 5.82 Å². The molecule has 3 aromatic rings. The molecule has 1 aliphatic heterocycles. The van der Waals surface area contributed by atoms with Crippen molar-refractivity contribution in [1.29, 1.82) is 0 Å². The number of piperidine rings is 1. The van der Waals surface area contributed by atoms with Gasteiger partial charge in [0.15, 0.2) is 5.82 Å². The van der Waals surface area contributed by atoms with Crippen LogP contribution in [0.15, 0.2) is 60.8 Å². The van der Waals surface area contributed by atoms with Crippen LogP contribution in [0.2, 0.25) is 0 Å². The molecule has 1 saturated heterocycles. The van der Waals surface area contributed by atoms with E-state index in [0.29, 0.717) is 5.82 Å². The number of aliphatic hydroxyl groups is 1. The quantitative estimate of drug-likeness (QED) is 0.798. The van der Waals surface area contributed by atoms with E-state index in [9.17, 15) is 5.11 Å². The number of nitrogens with zero attached hydrogens (tertiary/aromatic N) is 4. The minimum atomic E-state index is -0.207. The van der Waals surface area contributed by atoms with Gasteiger partial charge in [-0.25, -0.2) is 9.97 Å². The van der Waals surface area contributed by atoms with Crippen molar-refractivity contribution in [2.24, 2.45) is 0 Å². The highest BCUT2D eigenvalue weighted by molar-refractivity contribution is 5.66. The van der Waals surface area contributed by atoms with Gasteiger partial charge in [-0.15, -0.1) is 0 Å². The SMILES string of the molecule is OC1CCN(c2cc(-c3ccccc3)nc(-c3ccccn3)n2)CC1. The van der Waals surface area contributed by atoms with Crippen molar-refractivity contribution in [3.05, 3.63) is 60.8 Å². The lowest BCUT2D eigenvalue weighted by Gasteiger charge is -2.30. The lowest BCUT2D eigenvalue weighted by molar-refractivity contribution is 0.145. The van der Waals surface area contributed by atoms with E-state index in [4.69, 9.17) is 9.97 Å². The predicted octanol–water partition coefficient (Wildman–Crippen LogP) is 3.17. The number of hydrogen-bond donors (Lipinski definition) is 1. The second-order valence-electron chi connectivity index (χ2n) is 6.23. The Hall–Kier alpha value is -2.79. The summed E-state index contributed by atoms with van der Waals surface area (Å²) >= 11 is 0. The van der Waals surface area contributed by atoms with Gasteiger partial charge in [-0.3, -0.25) is 4.98 Å². The van der Waals surface area contributed by atoms with E-state index in [1.165, 1.54) is 0 Å². The Bertz CT molecular complexity index is 773. The van der Waals surface area contributed by atoms with Crippen LogP contribution >= 0.6 is 0 Å². The summed E-state index contributed by atoms with van der Waals surface area (Å²) in [6, 6.07) is 17.9. The van der Waals surface area contributed by atoms with Crippen LogP contribution in [-0.2, 0) is 0 Å². The van der Waals surface area contributed by atoms with Crippen molar-refractivity contribution in [3.8, 4) is 22.8 Å². The molecule has 5 heteroatoms. The molecular formula is C20H20N4O. The van der Waals surface area contributed by atoms with Gasteiger partial charge in [0, 0.05) is 30.9 Å². The van der Waals surface area contributed by atoms with Crippen LogP contribution in [0.1, 0.15) is 12.8 Å². The Morgan fingerprint density at radius 1 is 0.880 bits per heavy atom. The predicted molar refractivity (Wildman–Crippen MR) is 98.2 cm³/mol. The molecule has 1 fully saturated rings. The van der Waals surface area contributed by atoms with Gasteiger partial charge >= 0.3 is 0 Å². The van der Waals surface area contributed by atoms with Crippen LogP contribution < -0.4 is 4.90 Å². The molecule has 0 amide bonds. The van der Waals surface area contributed by atoms with Gasteiger partial charge in [-0.05, 0) is 25.0 Å². The van der Waals surface area contributed by atoms with Crippen molar-refractivity contribution in [3.63, 3.8) is 0 Å². The first-order chi connectivity index (χ1) is 12.3. The fraction of sp³-hybridized carbons (Fsp3) is 0.250. The fourth-order valence-electron chi connectivity index (χ4n) is 3.06. The number of rotatable bonds is 3. The Morgan fingerprint density at radius 3 is 2.36 bits per heavy atom. The molecule has 4 rings (SSSR count). The molecule has 25 heavy (non-hydrogen) atoms. The maximum atomic E-state index is 9.77. The number of aromatic nitrogens is 3. The van der Waals surface area contributed by atoms with Gasteiger partial charge in [-0.2, -0.15) is 0 Å². The second-order valence-corrected chi connectivity index (χ2v) is 6.23. The Labute approximate surface area is 147 Å². The van der Waals surface area contributed by atoms with Crippen LogP contribution in [0.25, 0.3) is 22.8 Å². The molecule has 1 aliphatic rings. The smallest absolute Gasteiger partial charge is 0.180 e.